The van der Waals surface area contributed by atoms with Crippen molar-refractivity contribution in [3.05, 3.63) is 51.8 Å². The number of nitrogens with two attached hydrogens (primary N) is 1. The number of benzene rings is 1. The van der Waals surface area contributed by atoms with Gasteiger partial charge in [0.15, 0.2) is 5.65 Å². The van der Waals surface area contributed by atoms with E-state index in [0.717, 1.165) is 36.6 Å². The molecule has 2 atom stereocenters. The number of ether oxygens (including phenoxy) is 1. The second-order valence-corrected chi connectivity index (χ2v) is 10.8. The van der Waals surface area contributed by atoms with E-state index in [1.807, 2.05) is 29.5 Å². The number of aliphatic hydroxyl groups is 1. The number of aromatic nitrogens is 2. The van der Waals surface area contributed by atoms with Gasteiger partial charge in [0.05, 0.1) is 51.7 Å². The molecule has 2 aliphatic rings. The molecule has 4 heterocycles. The number of anilines is 1. The zero-order valence-corrected chi connectivity index (χ0v) is 21.0. The number of imidazole rings is 1. The highest BCUT2D eigenvalue weighted by molar-refractivity contribution is 7.99. The summed E-state index contributed by atoms with van der Waals surface area (Å²) < 4.78 is 7.80. The fraction of sp³-hybridized carbons (Fsp3) is 0.417. The number of fused-ring (bicyclic) bond motifs is 1. The van der Waals surface area contributed by atoms with Crippen molar-refractivity contribution in [2.75, 3.05) is 24.6 Å². The summed E-state index contributed by atoms with van der Waals surface area (Å²) in [6.45, 7) is 4.11. The van der Waals surface area contributed by atoms with E-state index in [0.29, 0.717) is 38.5 Å². The van der Waals surface area contributed by atoms with Crippen molar-refractivity contribution < 1.29 is 9.84 Å². The minimum Gasteiger partial charge on any atom is -0.390 e. The average molecular weight is 518 g/mol. The maximum atomic E-state index is 10.0. The molecule has 2 aliphatic heterocycles. The first kappa shape index (κ1) is 23.7. The van der Waals surface area contributed by atoms with Crippen molar-refractivity contribution in [2.24, 2.45) is 11.1 Å². The molecule has 3 aromatic rings. The largest absolute Gasteiger partial charge is 0.390 e. The molecule has 1 aromatic carbocycles. The molecule has 34 heavy (non-hydrogen) atoms. The molecule has 178 valence electrons. The summed E-state index contributed by atoms with van der Waals surface area (Å²) in [5, 5.41) is 21.0. The fourth-order valence-corrected chi connectivity index (χ4v) is 6.53. The number of aliphatic hydroxyl groups excluding tert-OH is 1. The van der Waals surface area contributed by atoms with E-state index >= 15 is 0 Å². The summed E-state index contributed by atoms with van der Waals surface area (Å²) in [4.78, 5) is 8.23. The highest BCUT2D eigenvalue weighted by atomic mass is 35.5. The SMILES string of the molecule is CC1OCC2(CCN(c3cc(C#N)c(Sc4cccc(Cl)c4Cl)c4ncc(CO)n34)CC2)C1N. The van der Waals surface area contributed by atoms with Gasteiger partial charge < -0.3 is 20.5 Å². The first-order chi connectivity index (χ1) is 16.4. The molecular formula is C24H25Cl2N5O2S. The highest BCUT2D eigenvalue weighted by Gasteiger charge is 2.47. The van der Waals surface area contributed by atoms with Gasteiger partial charge in [-0.2, -0.15) is 5.26 Å². The van der Waals surface area contributed by atoms with Crippen molar-refractivity contribution >= 4 is 46.4 Å². The second-order valence-electron chi connectivity index (χ2n) is 8.97. The fourth-order valence-electron chi connectivity index (χ4n) is 5.04. The average Bonchev–Trinajstić information content (AvgIpc) is 3.40. The molecular weight excluding hydrogens is 493 g/mol. The molecule has 0 aliphatic carbocycles. The Balaban J connectivity index is 1.55. The lowest BCUT2D eigenvalue weighted by Gasteiger charge is -2.42. The van der Waals surface area contributed by atoms with Crippen LogP contribution in [0.4, 0.5) is 5.82 Å². The number of halogens is 2. The van der Waals surface area contributed by atoms with Crippen LogP contribution >= 0.6 is 35.0 Å². The third kappa shape index (κ3) is 3.85. The molecule has 2 fully saturated rings. The van der Waals surface area contributed by atoms with Gasteiger partial charge in [-0.1, -0.05) is 41.0 Å². The van der Waals surface area contributed by atoms with E-state index in [-0.39, 0.29) is 24.2 Å². The quantitative estimate of drug-likeness (QED) is 0.525. The van der Waals surface area contributed by atoms with Gasteiger partial charge in [-0.25, -0.2) is 4.98 Å². The number of rotatable bonds is 4. The molecule has 2 unspecified atom stereocenters. The number of piperidine rings is 1. The predicted octanol–water partition coefficient (Wildman–Crippen LogP) is 4.49. The van der Waals surface area contributed by atoms with Crippen LogP contribution in [0, 0.1) is 16.7 Å². The van der Waals surface area contributed by atoms with Crippen molar-refractivity contribution in [1.82, 2.24) is 9.38 Å². The normalized spacial score (nSPS) is 21.9. The van der Waals surface area contributed by atoms with Gasteiger partial charge in [0.2, 0.25) is 0 Å². The Morgan fingerprint density at radius 3 is 2.76 bits per heavy atom. The van der Waals surface area contributed by atoms with Gasteiger partial charge in [0, 0.05) is 29.4 Å². The van der Waals surface area contributed by atoms with Gasteiger partial charge >= 0.3 is 0 Å². The van der Waals surface area contributed by atoms with Crippen LogP contribution in [0.15, 0.2) is 40.3 Å². The molecule has 5 rings (SSSR count). The van der Waals surface area contributed by atoms with E-state index in [9.17, 15) is 10.4 Å². The number of pyridine rings is 1. The number of hydrogen-bond donors (Lipinski definition) is 2. The topological polar surface area (TPSA) is 99.8 Å². The lowest BCUT2D eigenvalue weighted by atomic mass is 9.73. The summed E-state index contributed by atoms with van der Waals surface area (Å²) >= 11 is 14.0. The van der Waals surface area contributed by atoms with Crippen LogP contribution in [-0.2, 0) is 11.3 Å². The molecule has 0 amide bonds. The molecule has 10 heteroatoms. The van der Waals surface area contributed by atoms with Gasteiger partial charge in [-0.3, -0.25) is 4.40 Å². The van der Waals surface area contributed by atoms with Crippen molar-refractivity contribution in [3.8, 4) is 6.07 Å². The van der Waals surface area contributed by atoms with Crippen molar-refractivity contribution in [1.29, 1.82) is 5.26 Å². The van der Waals surface area contributed by atoms with Gasteiger partial charge in [-0.15, -0.1) is 0 Å². The summed E-state index contributed by atoms with van der Waals surface area (Å²) in [5.41, 5.74) is 8.24. The zero-order chi connectivity index (χ0) is 24.0. The molecule has 3 N–H and O–H groups in total. The Morgan fingerprint density at radius 2 is 2.12 bits per heavy atom. The van der Waals surface area contributed by atoms with E-state index < -0.39 is 0 Å². The minimum absolute atomic E-state index is 0.0129. The Morgan fingerprint density at radius 1 is 1.35 bits per heavy atom. The van der Waals surface area contributed by atoms with Gasteiger partial charge in [-0.05, 0) is 38.0 Å². The van der Waals surface area contributed by atoms with Crippen molar-refractivity contribution in [3.63, 3.8) is 0 Å². The van der Waals surface area contributed by atoms with E-state index in [1.54, 1.807) is 12.3 Å². The van der Waals surface area contributed by atoms with Crippen LogP contribution in [0.2, 0.25) is 10.0 Å². The first-order valence-electron chi connectivity index (χ1n) is 11.2. The van der Waals surface area contributed by atoms with E-state index in [1.165, 1.54) is 11.8 Å². The van der Waals surface area contributed by atoms with E-state index in [2.05, 4.69) is 16.0 Å². The van der Waals surface area contributed by atoms with Gasteiger partial charge in [0.25, 0.3) is 0 Å². The van der Waals surface area contributed by atoms with Crippen LogP contribution in [0.3, 0.4) is 0 Å². The van der Waals surface area contributed by atoms with Crippen LogP contribution in [0.1, 0.15) is 31.0 Å². The highest BCUT2D eigenvalue weighted by Crippen LogP contribution is 2.44. The predicted molar refractivity (Wildman–Crippen MR) is 134 cm³/mol. The summed E-state index contributed by atoms with van der Waals surface area (Å²) in [7, 11) is 0. The second kappa shape index (κ2) is 9.23. The van der Waals surface area contributed by atoms with Gasteiger partial charge in [0.1, 0.15) is 11.9 Å². The zero-order valence-electron chi connectivity index (χ0n) is 18.7. The number of nitriles is 1. The molecule has 0 bridgehead atoms. The van der Waals surface area contributed by atoms with Crippen LogP contribution in [0.25, 0.3) is 5.65 Å². The number of hydrogen-bond acceptors (Lipinski definition) is 7. The minimum atomic E-state index is -0.171. The number of nitrogens with zero attached hydrogens (tertiary/aromatic N) is 4. The molecule has 1 spiro atoms. The maximum absolute atomic E-state index is 10.0. The molecule has 2 saturated heterocycles. The summed E-state index contributed by atoms with van der Waals surface area (Å²) in [6, 6.07) is 9.63. The monoisotopic (exact) mass is 517 g/mol. The van der Waals surface area contributed by atoms with Crippen LogP contribution in [-0.4, -0.2) is 46.3 Å². The van der Waals surface area contributed by atoms with E-state index in [4.69, 9.17) is 33.7 Å². The Kier molecular flexibility index (Phi) is 6.44. The molecule has 7 nitrogen and oxygen atoms in total. The molecule has 0 radical (unpaired) electrons. The van der Waals surface area contributed by atoms with Crippen LogP contribution < -0.4 is 10.6 Å². The molecule has 2 aromatic heterocycles. The summed E-state index contributed by atoms with van der Waals surface area (Å²) in [6.07, 6.45) is 3.52. The first-order valence-corrected chi connectivity index (χ1v) is 12.7. The smallest absolute Gasteiger partial charge is 0.154 e. The standard InChI is InChI=1S/C24H25Cl2N5O2S/c1-14-22(28)24(13-33-14)5-7-30(8-6-24)19-9-15(10-27)21(23-29-11-16(12-32)31(19)23)34-18-4-2-3-17(25)20(18)26/h2-4,9,11,14,22,32H,5-8,12-13,28H2,1H3. The lowest BCUT2D eigenvalue weighted by molar-refractivity contribution is 0.0974. The summed E-state index contributed by atoms with van der Waals surface area (Å²) in [5.74, 6) is 0.838. The Bertz CT molecular complexity index is 1280. The third-order valence-corrected chi connectivity index (χ3v) is 9.22. The van der Waals surface area contributed by atoms with Crippen molar-refractivity contribution in [2.45, 2.75) is 48.3 Å². The molecule has 0 saturated carbocycles. The van der Waals surface area contributed by atoms with Crippen LogP contribution in [0.5, 0.6) is 0 Å². The lowest BCUT2D eigenvalue weighted by Crippen LogP contribution is -2.51. The Hall–Kier alpha value is -1.99. The Labute approximate surface area is 212 Å². The third-order valence-electron chi connectivity index (χ3n) is 7.13. The maximum Gasteiger partial charge on any atom is 0.154 e.